The molecule has 0 aromatic heterocycles. The van der Waals surface area contributed by atoms with Crippen molar-refractivity contribution in [2.45, 2.75) is 51.0 Å². The van der Waals surface area contributed by atoms with Crippen molar-refractivity contribution in [1.82, 2.24) is 4.90 Å². The highest BCUT2D eigenvalue weighted by atomic mass is 16.2. The second-order valence-corrected chi connectivity index (χ2v) is 5.21. The summed E-state index contributed by atoms with van der Waals surface area (Å²) in [6.07, 6.45) is 7.32. The summed E-state index contributed by atoms with van der Waals surface area (Å²) in [7, 11) is 0. The molecular weight excluding hydrogens is 190 g/mol. The molecule has 2 saturated heterocycles. The summed E-state index contributed by atoms with van der Waals surface area (Å²) < 4.78 is 0. The van der Waals surface area contributed by atoms with Crippen LogP contribution in [0.5, 0.6) is 0 Å². The van der Waals surface area contributed by atoms with Gasteiger partial charge < -0.3 is 0 Å². The predicted octanol–water partition coefficient (Wildman–Crippen LogP) is 1.71. The van der Waals surface area contributed by atoms with Crippen LogP contribution in [-0.2, 0) is 9.59 Å². The Morgan fingerprint density at radius 2 is 1.40 bits per heavy atom. The van der Waals surface area contributed by atoms with Crippen molar-refractivity contribution in [2.24, 2.45) is 11.8 Å². The van der Waals surface area contributed by atoms with Gasteiger partial charge in [-0.05, 0) is 24.7 Å². The second-order valence-electron chi connectivity index (χ2n) is 5.21. The standard InChI is InChI=1S/C12H17NO2/c14-10-6-8-4-2-1-3-5-9-7-11(15)13(10)12(8)9/h8-9,12H,1-7H2. The number of amides is 2. The lowest BCUT2D eigenvalue weighted by molar-refractivity contribution is -0.140. The maximum atomic E-state index is 11.7. The maximum absolute atomic E-state index is 11.7. The van der Waals surface area contributed by atoms with Crippen molar-refractivity contribution in [2.75, 3.05) is 0 Å². The molecule has 0 radical (unpaired) electrons. The van der Waals surface area contributed by atoms with E-state index in [0.29, 0.717) is 24.7 Å². The van der Waals surface area contributed by atoms with Crippen LogP contribution in [0.3, 0.4) is 0 Å². The normalized spacial score (nSPS) is 40.3. The molecule has 0 N–H and O–H groups in total. The van der Waals surface area contributed by atoms with E-state index in [4.69, 9.17) is 0 Å². The van der Waals surface area contributed by atoms with Gasteiger partial charge in [-0.2, -0.15) is 0 Å². The molecule has 15 heavy (non-hydrogen) atoms. The molecular formula is C12H17NO2. The highest BCUT2D eigenvalue weighted by Crippen LogP contribution is 2.44. The Labute approximate surface area is 89.8 Å². The molecule has 3 fully saturated rings. The fourth-order valence-corrected chi connectivity index (χ4v) is 3.70. The third-order valence-electron chi connectivity index (χ3n) is 4.32. The first-order valence-corrected chi connectivity index (χ1v) is 6.12. The third kappa shape index (κ3) is 1.32. The van der Waals surface area contributed by atoms with Gasteiger partial charge in [0.05, 0.1) is 0 Å². The van der Waals surface area contributed by atoms with Crippen LogP contribution in [0, 0.1) is 11.8 Å². The van der Waals surface area contributed by atoms with E-state index >= 15 is 0 Å². The fourth-order valence-electron chi connectivity index (χ4n) is 3.70. The molecule has 1 saturated carbocycles. The Balaban J connectivity index is 1.92. The van der Waals surface area contributed by atoms with Crippen LogP contribution >= 0.6 is 0 Å². The second kappa shape index (κ2) is 3.32. The van der Waals surface area contributed by atoms with Crippen LogP contribution in [0.1, 0.15) is 44.9 Å². The van der Waals surface area contributed by atoms with Gasteiger partial charge in [0, 0.05) is 18.9 Å². The Bertz CT molecular complexity index is 285. The van der Waals surface area contributed by atoms with Gasteiger partial charge >= 0.3 is 0 Å². The molecule has 0 aromatic rings. The summed E-state index contributed by atoms with van der Waals surface area (Å²) in [5.74, 6) is 1.15. The number of nitrogens with zero attached hydrogens (tertiary/aromatic N) is 1. The summed E-state index contributed by atoms with van der Waals surface area (Å²) in [6.45, 7) is 0. The lowest BCUT2D eigenvalue weighted by Gasteiger charge is -2.27. The van der Waals surface area contributed by atoms with Crippen LogP contribution < -0.4 is 0 Å². The van der Waals surface area contributed by atoms with Crippen LogP contribution in [0.4, 0.5) is 0 Å². The van der Waals surface area contributed by atoms with E-state index in [0.717, 1.165) is 12.8 Å². The SMILES string of the molecule is O=C1CC2CCCCCC3CC(=O)N1C23. The molecule has 2 heterocycles. The maximum Gasteiger partial charge on any atom is 0.229 e. The summed E-state index contributed by atoms with van der Waals surface area (Å²) >= 11 is 0. The molecule has 2 aliphatic heterocycles. The first-order chi connectivity index (χ1) is 7.27. The van der Waals surface area contributed by atoms with Gasteiger partial charge in [-0.3, -0.25) is 14.5 Å². The molecule has 0 aromatic carbocycles. The highest BCUT2D eigenvalue weighted by molar-refractivity contribution is 5.99. The molecule has 2 atom stereocenters. The fraction of sp³-hybridized carbons (Fsp3) is 0.833. The van der Waals surface area contributed by atoms with Crippen LogP contribution in [0.15, 0.2) is 0 Å². The first kappa shape index (κ1) is 9.37. The molecule has 3 heteroatoms. The van der Waals surface area contributed by atoms with E-state index in [-0.39, 0.29) is 17.9 Å². The predicted molar refractivity (Wildman–Crippen MR) is 54.9 cm³/mol. The van der Waals surface area contributed by atoms with Gasteiger partial charge in [0.2, 0.25) is 11.8 Å². The Kier molecular flexibility index (Phi) is 2.08. The molecule has 0 bridgehead atoms. The monoisotopic (exact) mass is 207 g/mol. The summed E-state index contributed by atoms with van der Waals surface area (Å²) in [5.41, 5.74) is 0. The van der Waals surface area contributed by atoms with Crippen molar-refractivity contribution in [1.29, 1.82) is 0 Å². The number of carbonyl (C=O) groups is 2. The molecule has 0 spiro atoms. The van der Waals surface area contributed by atoms with Gasteiger partial charge in [-0.15, -0.1) is 0 Å². The van der Waals surface area contributed by atoms with E-state index in [1.807, 2.05) is 0 Å². The van der Waals surface area contributed by atoms with Gasteiger partial charge in [-0.25, -0.2) is 0 Å². The van der Waals surface area contributed by atoms with E-state index in [9.17, 15) is 9.59 Å². The molecule has 3 aliphatic rings. The zero-order valence-electron chi connectivity index (χ0n) is 8.95. The largest absolute Gasteiger partial charge is 0.279 e. The van der Waals surface area contributed by atoms with Gasteiger partial charge in [0.1, 0.15) is 0 Å². The molecule has 2 amide bonds. The smallest absolute Gasteiger partial charge is 0.229 e. The topological polar surface area (TPSA) is 37.4 Å². The zero-order chi connectivity index (χ0) is 10.4. The van der Waals surface area contributed by atoms with Gasteiger partial charge in [-0.1, -0.05) is 19.3 Å². The summed E-state index contributed by atoms with van der Waals surface area (Å²) in [6, 6.07) is 0.283. The summed E-state index contributed by atoms with van der Waals surface area (Å²) in [5, 5.41) is 0. The molecule has 2 unspecified atom stereocenters. The van der Waals surface area contributed by atoms with Crippen molar-refractivity contribution >= 4 is 11.8 Å². The van der Waals surface area contributed by atoms with Crippen molar-refractivity contribution < 1.29 is 9.59 Å². The van der Waals surface area contributed by atoms with E-state index < -0.39 is 0 Å². The van der Waals surface area contributed by atoms with Gasteiger partial charge in [0.15, 0.2) is 0 Å². The molecule has 82 valence electrons. The Hall–Kier alpha value is -0.860. The number of hydrogen-bond donors (Lipinski definition) is 0. The van der Waals surface area contributed by atoms with Crippen LogP contribution in [-0.4, -0.2) is 22.8 Å². The molecule has 3 rings (SSSR count). The Morgan fingerprint density at radius 3 is 1.93 bits per heavy atom. The van der Waals surface area contributed by atoms with Crippen molar-refractivity contribution in [3.8, 4) is 0 Å². The number of carbonyl (C=O) groups excluding carboxylic acids is 2. The highest BCUT2D eigenvalue weighted by Gasteiger charge is 2.51. The number of hydrogen-bond acceptors (Lipinski definition) is 2. The molecule has 3 nitrogen and oxygen atoms in total. The zero-order valence-corrected chi connectivity index (χ0v) is 8.95. The lowest BCUT2D eigenvalue weighted by atomic mass is 9.81. The minimum atomic E-state index is 0.0967. The van der Waals surface area contributed by atoms with Crippen molar-refractivity contribution in [3.63, 3.8) is 0 Å². The van der Waals surface area contributed by atoms with Crippen LogP contribution in [0.25, 0.3) is 0 Å². The van der Waals surface area contributed by atoms with Crippen molar-refractivity contribution in [3.05, 3.63) is 0 Å². The van der Waals surface area contributed by atoms with E-state index in [1.54, 1.807) is 4.90 Å². The first-order valence-electron chi connectivity index (χ1n) is 6.12. The number of rotatable bonds is 0. The minimum absolute atomic E-state index is 0.0967. The third-order valence-corrected chi connectivity index (χ3v) is 4.32. The summed E-state index contributed by atoms with van der Waals surface area (Å²) in [4.78, 5) is 25.1. The average molecular weight is 207 g/mol. The minimum Gasteiger partial charge on any atom is -0.279 e. The lowest BCUT2D eigenvalue weighted by Crippen LogP contribution is -2.35. The van der Waals surface area contributed by atoms with E-state index in [2.05, 4.69) is 0 Å². The average Bonchev–Trinajstić information content (AvgIpc) is 2.64. The quantitative estimate of drug-likeness (QED) is 0.567. The Morgan fingerprint density at radius 1 is 0.867 bits per heavy atom. The molecule has 1 aliphatic carbocycles. The van der Waals surface area contributed by atoms with Crippen LogP contribution in [0.2, 0.25) is 0 Å². The number of imide groups is 1. The van der Waals surface area contributed by atoms with Gasteiger partial charge in [0.25, 0.3) is 0 Å². The van der Waals surface area contributed by atoms with E-state index in [1.165, 1.54) is 19.3 Å².